The summed E-state index contributed by atoms with van der Waals surface area (Å²) in [4.78, 5) is 25.7. The second-order valence-electron chi connectivity index (χ2n) is 2.35. The van der Waals surface area contributed by atoms with Crippen molar-refractivity contribution in [3.8, 4) is 0 Å². The van der Waals surface area contributed by atoms with Crippen LogP contribution in [-0.4, -0.2) is 25.7 Å². The van der Waals surface area contributed by atoms with Crippen molar-refractivity contribution in [3.63, 3.8) is 0 Å². The number of carbonyl (C=O) groups excluding carboxylic acids is 2. The third kappa shape index (κ3) is 3.83. The van der Waals surface area contributed by atoms with Gasteiger partial charge in [0.05, 0.1) is 0 Å². The second-order valence-corrected chi connectivity index (χ2v) is 3.05. The third-order valence-electron chi connectivity index (χ3n) is 1.30. The molecule has 0 bridgehead atoms. The van der Waals surface area contributed by atoms with Gasteiger partial charge in [-0.2, -0.15) is 0 Å². The van der Waals surface area contributed by atoms with Crippen molar-refractivity contribution < 1.29 is 18.4 Å². The van der Waals surface area contributed by atoms with Crippen LogP contribution in [0, 0.1) is 0 Å². The summed E-state index contributed by atoms with van der Waals surface area (Å²) in [5.74, 6) is -0.751. The highest BCUT2D eigenvalue weighted by Gasteiger charge is 2.11. The fourth-order valence-corrected chi connectivity index (χ4v) is 0.979. The Morgan fingerprint density at radius 3 is 2.67 bits per heavy atom. The Morgan fingerprint density at radius 2 is 2.13 bits per heavy atom. The molecule has 0 saturated carbocycles. The number of urea groups is 1. The molecule has 0 spiro atoms. The number of imide groups is 1. The largest absolute Gasteiger partial charge is 0.335 e. The lowest BCUT2D eigenvalue weighted by Gasteiger charge is -2.01. The van der Waals surface area contributed by atoms with Crippen LogP contribution in [0.25, 0.3) is 0 Å². The first-order valence-electron chi connectivity index (χ1n) is 3.73. The summed E-state index contributed by atoms with van der Waals surface area (Å²) in [5, 5.41) is 1.82. The molecule has 0 aliphatic carbocycles. The van der Waals surface area contributed by atoms with E-state index >= 15 is 0 Å². The van der Waals surface area contributed by atoms with E-state index in [4.69, 9.17) is 4.55 Å². The minimum Gasteiger partial charge on any atom is -0.289 e. The van der Waals surface area contributed by atoms with Crippen LogP contribution in [-0.2, 0) is 11.3 Å². The van der Waals surface area contributed by atoms with Crippen molar-refractivity contribution >= 4 is 23.2 Å². The molecular formula is C7H7N3O4S. The van der Waals surface area contributed by atoms with Gasteiger partial charge in [0.25, 0.3) is 17.2 Å². The Balaban J connectivity index is 2.57. The van der Waals surface area contributed by atoms with Crippen LogP contribution >= 0.6 is 0 Å². The van der Waals surface area contributed by atoms with E-state index in [2.05, 4.69) is 4.98 Å². The Labute approximate surface area is 87.3 Å². The van der Waals surface area contributed by atoms with Crippen molar-refractivity contribution in [1.82, 2.24) is 15.0 Å². The van der Waals surface area contributed by atoms with Gasteiger partial charge in [-0.3, -0.25) is 19.6 Å². The lowest BCUT2D eigenvalue weighted by molar-refractivity contribution is 0.0960. The molecule has 15 heavy (non-hydrogen) atoms. The lowest BCUT2D eigenvalue weighted by Crippen LogP contribution is -2.40. The molecule has 3 amide bonds. The van der Waals surface area contributed by atoms with Gasteiger partial charge in [-0.05, 0) is 12.1 Å². The van der Waals surface area contributed by atoms with E-state index in [0.29, 0.717) is 0 Å². The maximum absolute atomic E-state index is 11.2. The van der Waals surface area contributed by atoms with Gasteiger partial charge in [0.2, 0.25) is 0 Å². The maximum Gasteiger partial charge on any atom is 0.335 e. The Bertz CT molecular complexity index is 394. The molecule has 0 saturated heterocycles. The summed E-state index contributed by atoms with van der Waals surface area (Å²) in [7, 11) is 0. The Kier molecular flexibility index (Phi) is 3.89. The molecule has 0 aliphatic heterocycles. The van der Waals surface area contributed by atoms with E-state index < -0.39 is 23.2 Å². The first-order chi connectivity index (χ1) is 7.09. The fraction of sp³-hybridized carbons (Fsp3) is 0. The van der Waals surface area contributed by atoms with E-state index in [1.54, 1.807) is 16.9 Å². The van der Waals surface area contributed by atoms with Crippen LogP contribution < -0.4 is 10.0 Å². The number of pyridine rings is 1. The molecular weight excluding hydrogens is 222 g/mol. The number of aromatic nitrogens is 1. The highest BCUT2D eigenvalue weighted by atomic mass is 32.2. The summed E-state index contributed by atoms with van der Waals surface area (Å²) in [6, 6.07) is 3.52. The molecule has 1 unspecified atom stereocenters. The van der Waals surface area contributed by atoms with Gasteiger partial charge < -0.3 is 0 Å². The zero-order chi connectivity index (χ0) is 11.3. The van der Waals surface area contributed by atoms with Gasteiger partial charge in [0.1, 0.15) is 5.69 Å². The standard InChI is InChI=1S/C7H7N3O4S/c11-6(5-3-1-2-4-8-5)9-7(12)10-15(13)14/h1-4H,(H,13,14)(H2,9,10,11,12). The summed E-state index contributed by atoms with van der Waals surface area (Å²) in [5.41, 5.74) is 0.0383. The topological polar surface area (TPSA) is 108 Å². The molecule has 1 aromatic heterocycles. The van der Waals surface area contributed by atoms with Crippen LogP contribution in [0.15, 0.2) is 24.4 Å². The molecule has 1 aromatic rings. The summed E-state index contributed by atoms with van der Waals surface area (Å²) >= 11 is -2.50. The number of rotatable bonds is 2. The predicted molar refractivity (Wildman–Crippen MR) is 51.0 cm³/mol. The number of carbonyl (C=O) groups is 2. The van der Waals surface area contributed by atoms with Gasteiger partial charge in [-0.25, -0.2) is 13.7 Å². The highest BCUT2D eigenvalue weighted by molar-refractivity contribution is 7.77. The summed E-state index contributed by atoms with van der Waals surface area (Å²) in [6.45, 7) is 0. The zero-order valence-corrected chi connectivity index (χ0v) is 8.15. The summed E-state index contributed by atoms with van der Waals surface area (Å²) < 4.78 is 20.0. The maximum atomic E-state index is 11.2. The molecule has 0 aliphatic rings. The number of nitrogens with zero attached hydrogens (tertiary/aromatic N) is 1. The monoisotopic (exact) mass is 229 g/mol. The van der Waals surface area contributed by atoms with Crippen LogP contribution in [0.5, 0.6) is 0 Å². The smallest absolute Gasteiger partial charge is 0.289 e. The molecule has 1 heterocycles. The van der Waals surface area contributed by atoms with Crippen LogP contribution in [0.2, 0.25) is 0 Å². The Hall–Kier alpha value is -1.80. The van der Waals surface area contributed by atoms with Gasteiger partial charge in [-0.15, -0.1) is 0 Å². The first kappa shape index (κ1) is 11.3. The SMILES string of the molecule is O=C(NC(=O)c1ccccn1)NS(=O)O. The van der Waals surface area contributed by atoms with Gasteiger partial charge in [0.15, 0.2) is 0 Å². The molecule has 80 valence electrons. The van der Waals surface area contributed by atoms with Crippen molar-refractivity contribution in [1.29, 1.82) is 0 Å². The third-order valence-corrected chi connectivity index (χ3v) is 1.66. The quantitative estimate of drug-likeness (QED) is 0.601. The highest BCUT2D eigenvalue weighted by Crippen LogP contribution is 1.92. The average Bonchev–Trinajstić information content (AvgIpc) is 2.17. The number of hydrogen-bond acceptors (Lipinski definition) is 4. The van der Waals surface area contributed by atoms with Crippen LogP contribution in [0.4, 0.5) is 4.79 Å². The molecule has 7 nitrogen and oxygen atoms in total. The van der Waals surface area contributed by atoms with Gasteiger partial charge in [-0.1, -0.05) is 6.07 Å². The number of hydrogen-bond donors (Lipinski definition) is 3. The fourth-order valence-electron chi connectivity index (χ4n) is 0.769. The molecule has 3 N–H and O–H groups in total. The minimum absolute atomic E-state index is 0.0383. The average molecular weight is 229 g/mol. The molecule has 0 aromatic carbocycles. The lowest BCUT2D eigenvalue weighted by atomic mass is 10.3. The van der Waals surface area contributed by atoms with Crippen LogP contribution in [0.1, 0.15) is 10.5 Å². The van der Waals surface area contributed by atoms with Gasteiger partial charge in [0, 0.05) is 6.20 Å². The van der Waals surface area contributed by atoms with Crippen molar-refractivity contribution in [3.05, 3.63) is 30.1 Å². The van der Waals surface area contributed by atoms with Crippen molar-refractivity contribution in [2.24, 2.45) is 0 Å². The van der Waals surface area contributed by atoms with E-state index in [0.717, 1.165) is 0 Å². The Morgan fingerprint density at radius 1 is 1.40 bits per heavy atom. The zero-order valence-electron chi connectivity index (χ0n) is 7.34. The molecule has 1 atom stereocenters. The van der Waals surface area contributed by atoms with Gasteiger partial charge >= 0.3 is 6.03 Å². The van der Waals surface area contributed by atoms with E-state index in [9.17, 15) is 13.8 Å². The van der Waals surface area contributed by atoms with Crippen molar-refractivity contribution in [2.75, 3.05) is 0 Å². The van der Waals surface area contributed by atoms with Crippen LogP contribution in [0.3, 0.4) is 0 Å². The normalized spacial score (nSPS) is 11.5. The molecule has 0 fully saturated rings. The van der Waals surface area contributed by atoms with Crippen molar-refractivity contribution in [2.45, 2.75) is 0 Å². The molecule has 0 radical (unpaired) electrons. The predicted octanol–water partition coefficient (Wildman–Crippen LogP) is -0.342. The van der Waals surface area contributed by atoms with E-state index in [1.807, 2.05) is 5.32 Å². The number of nitrogens with one attached hydrogen (secondary N) is 2. The number of amides is 3. The second kappa shape index (κ2) is 5.17. The molecule has 1 rings (SSSR count). The van der Waals surface area contributed by atoms with E-state index in [1.165, 1.54) is 12.3 Å². The minimum atomic E-state index is -2.50. The summed E-state index contributed by atoms with van der Waals surface area (Å²) in [6.07, 6.45) is 1.39. The van der Waals surface area contributed by atoms with E-state index in [-0.39, 0.29) is 5.69 Å². The first-order valence-corrected chi connectivity index (χ1v) is 4.84. The molecule has 8 heteroatoms.